The van der Waals surface area contributed by atoms with Gasteiger partial charge < -0.3 is 0 Å². The molecular formula is C12H12ClN. The van der Waals surface area contributed by atoms with E-state index < -0.39 is 0 Å². The Balaban J connectivity index is 2.72. The van der Waals surface area contributed by atoms with Crippen molar-refractivity contribution in [3.8, 4) is 0 Å². The molecular weight excluding hydrogens is 194 g/mol. The number of aromatic nitrogens is 1. The Morgan fingerprint density at radius 3 is 2.79 bits per heavy atom. The molecule has 0 spiro atoms. The third kappa shape index (κ3) is 1.60. The van der Waals surface area contributed by atoms with Gasteiger partial charge in [-0.25, -0.2) is 0 Å². The number of rotatable bonds is 1. The average molecular weight is 206 g/mol. The van der Waals surface area contributed by atoms with E-state index in [0.29, 0.717) is 5.92 Å². The van der Waals surface area contributed by atoms with Gasteiger partial charge in [0.15, 0.2) is 0 Å². The highest BCUT2D eigenvalue weighted by Crippen LogP contribution is 2.26. The van der Waals surface area contributed by atoms with Crippen LogP contribution in [0, 0.1) is 0 Å². The second-order valence-electron chi connectivity index (χ2n) is 3.73. The van der Waals surface area contributed by atoms with Gasteiger partial charge in [0.1, 0.15) is 0 Å². The second kappa shape index (κ2) is 3.58. The molecule has 0 aliphatic heterocycles. The van der Waals surface area contributed by atoms with Crippen LogP contribution in [0.15, 0.2) is 30.5 Å². The summed E-state index contributed by atoms with van der Waals surface area (Å²) in [5.74, 6) is 0.497. The summed E-state index contributed by atoms with van der Waals surface area (Å²) in [5.41, 5.74) is 2.15. The fourth-order valence-electron chi connectivity index (χ4n) is 1.50. The van der Waals surface area contributed by atoms with Crippen molar-refractivity contribution in [1.82, 2.24) is 4.98 Å². The molecule has 0 aliphatic carbocycles. The molecule has 0 fully saturated rings. The van der Waals surface area contributed by atoms with E-state index in [2.05, 4.69) is 24.9 Å². The number of hydrogen-bond acceptors (Lipinski definition) is 1. The predicted molar refractivity (Wildman–Crippen MR) is 60.8 cm³/mol. The highest BCUT2D eigenvalue weighted by Gasteiger charge is 2.05. The minimum absolute atomic E-state index is 0.497. The molecule has 14 heavy (non-hydrogen) atoms. The molecule has 72 valence electrons. The summed E-state index contributed by atoms with van der Waals surface area (Å²) in [6, 6.07) is 8.13. The topological polar surface area (TPSA) is 12.9 Å². The van der Waals surface area contributed by atoms with Crippen molar-refractivity contribution >= 4 is 22.5 Å². The van der Waals surface area contributed by atoms with Gasteiger partial charge in [0, 0.05) is 11.6 Å². The summed E-state index contributed by atoms with van der Waals surface area (Å²) in [6.07, 6.45) is 1.77. The highest BCUT2D eigenvalue weighted by atomic mass is 35.5. The van der Waals surface area contributed by atoms with Crippen LogP contribution in [0.3, 0.4) is 0 Å². The highest BCUT2D eigenvalue weighted by molar-refractivity contribution is 6.35. The third-order valence-electron chi connectivity index (χ3n) is 2.35. The van der Waals surface area contributed by atoms with E-state index in [1.165, 1.54) is 5.56 Å². The van der Waals surface area contributed by atoms with Crippen molar-refractivity contribution < 1.29 is 0 Å². The van der Waals surface area contributed by atoms with Gasteiger partial charge in [0.2, 0.25) is 0 Å². The molecule has 0 unspecified atom stereocenters. The van der Waals surface area contributed by atoms with Crippen molar-refractivity contribution in [3.05, 3.63) is 41.0 Å². The van der Waals surface area contributed by atoms with E-state index in [1.807, 2.05) is 18.2 Å². The molecule has 1 aromatic carbocycles. The number of fused-ring (bicyclic) bond motifs is 1. The van der Waals surface area contributed by atoms with Gasteiger partial charge in [-0.05, 0) is 29.7 Å². The molecule has 0 N–H and O–H groups in total. The standard InChI is InChI=1S/C12H12ClN/c1-8(2)10-6-9-4-3-5-14-12(9)11(13)7-10/h3-8H,1-2H3. The summed E-state index contributed by atoms with van der Waals surface area (Å²) in [4.78, 5) is 4.25. The minimum atomic E-state index is 0.497. The maximum Gasteiger partial charge on any atom is 0.0888 e. The SMILES string of the molecule is CC(C)c1cc(Cl)c2ncccc2c1. The van der Waals surface area contributed by atoms with Crippen LogP contribution >= 0.6 is 11.6 Å². The van der Waals surface area contributed by atoms with Gasteiger partial charge in [-0.3, -0.25) is 4.98 Å². The molecule has 1 heterocycles. The van der Waals surface area contributed by atoms with Crippen LogP contribution in [-0.4, -0.2) is 4.98 Å². The van der Waals surface area contributed by atoms with Crippen molar-refractivity contribution in [2.75, 3.05) is 0 Å². The zero-order valence-electron chi connectivity index (χ0n) is 8.29. The Kier molecular flexibility index (Phi) is 2.42. The first kappa shape index (κ1) is 9.47. The average Bonchev–Trinajstić information content (AvgIpc) is 2.17. The van der Waals surface area contributed by atoms with Gasteiger partial charge in [0.25, 0.3) is 0 Å². The maximum absolute atomic E-state index is 6.14. The van der Waals surface area contributed by atoms with E-state index in [9.17, 15) is 0 Å². The lowest BCUT2D eigenvalue weighted by molar-refractivity contribution is 0.868. The normalized spacial score (nSPS) is 11.1. The van der Waals surface area contributed by atoms with Gasteiger partial charge in [-0.1, -0.05) is 31.5 Å². The van der Waals surface area contributed by atoms with Gasteiger partial charge >= 0.3 is 0 Å². The smallest absolute Gasteiger partial charge is 0.0888 e. The lowest BCUT2D eigenvalue weighted by atomic mass is 10.0. The number of hydrogen-bond donors (Lipinski definition) is 0. The predicted octanol–water partition coefficient (Wildman–Crippen LogP) is 4.01. The molecule has 0 aliphatic rings. The Labute approximate surface area is 88.7 Å². The first-order valence-corrected chi connectivity index (χ1v) is 5.10. The lowest BCUT2D eigenvalue weighted by Gasteiger charge is -2.07. The van der Waals surface area contributed by atoms with Crippen LogP contribution in [0.5, 0.6) is 0 Å². The van der Waals surface area contributed by atoms with E-state index in [4.69, 9.17) is 11.6 Å². The maximum atomic E-state index is 6.14. The lowest BCUT2D eigenvalue weighted by Crippen LogP contribution is -1.88. The number of halogens is 1. The molecule has 2 rings (SSSR count). The molecule has 0 radical (unpaired) electrons. The minimum Gasteiger partial charge on any atom is -0.255 e. The summed E-state index contributed by atoms with van der Waals surface area (Å²) in [6.45, 7) is 4.32. The Morgan fingerprint density at radius 1 is 1.29 bits per heavy atom. The van der Waals surface area contributed by atoms with Gasteiger partial charge in [-0.15, -0.1) is 0 Å². The van der Waals surface area contributed by atoms with E-state index in [1.54, 1.807) is 6.20 Å². The Bertz CT molecular complexity index is 463. The Morgan fingerprint density at radius 2 is 2.07 bits per heavy atom. The van der Waals surface area contributed by atoms with E-state index >= 15 is 0 Å². The number of benzene rings is 1. The van der Waals surface area contributed by atoms with Crippen LogP contribution < -0.4 is 0 Å². The van der Waals surface area contributed by atoms with Crippen LogP contribution in [0.25, 0.3) is 10.9 Å². The molecule has 2 aromatic rings. The van der Waals surface area contributed by atoms with Crippen molar-refractivity contribution in [1.29, 1.82) is 0 Å². The molecule has 0 bridgehead atoms. The van der Waals surface area contributed by atoms with Crippen molar-refractivity contribution in [3.63, 3.8) is 0 Å². The fraction of sp³-hybridized carbons (Fsp3) is 0.250. The van der Waals surface area contributed by atoms with Crippen molar-refractivity contribution in [2.45, 2.75) is 19.8 Å². The van der Waals surface area contributed by atoms with Crippen LogP contribution in [0.1, 0.15) is 25.3 Å². The summed E-state index contributed by atoms with van der Waals surface area (Å²) < 4.78 is 0. The zero-order chi connectivity index (χ0) is 10.1. The molecule has 1 aromatic heterocycles. The molecule has 0 saturated carbocycles. The van der Waals surface area contributed by atoms with Crippen LogP contribution in [0.4, 0.5) is 0 Å². The second-order valence-corrected chi connectivity index (χ2v) is 4.14. The monoisotopic (exact) mass is 205 g/mol. The van der Waals surface area contributed by atoms with E-state index in [0.717, 1.165) is 15.9 Å². The molecule has 0 saturated heterocycles. The number of pyridine rings is 1. The third-order valence-corrected chi connectivity index (χ3v) is 2.64. The Hall–Kier alpha value is -1.08. The summed E-state index contributed by atoms with van der Waals surface area (Å²) >= 11 is 6.14. The largest absolute Gasteiger partial charge is 0.255 e. The first-order valence-electron chi connectivity index (χ1n) is 4.72. The first-order chi connectivity index (χ1) is 6.68. The van der Waals surface area contributed by atoms with Gasteiger partial charge in [0.05, 0.1) is 10.5 Å². The molecule has 0 atom stereocenters. The molecule has 2 heteroatoms. The van der Waals surface area contributed by atoms with Crippen LogP contribution in [0.2, 0.25) is 5.02 Å². The molecule has 0 amide bonds. The summed E-state index contributed by atoms with van der Waals surface area (Å²) in [7, 11) is 0. The molecule has 1 nitrogen and oxygen atoms in total. The number of nitrogens with zero attached hydrogens (tertiary/aromatic N) is 1. The zero-order valence-corrected chi connectivity index (χ0v) is 9.05. The summed E-state index contributed by atoms with van der Waals surface area (Å²) in [5, 5.41) is 1.86. The van der Waals surface area contributed by atoms with Crippen LogP contribution in [-0.2, 0) is 0 Å². The van der Waals surface area contributed by atoms with Gasteiger partial charge in [-0.2, -0.15) is 0 Å². The van der Waals surface area contributed by atoms with E-state index in [-0.39, 0.29) is 0 Å². The quantitative estimate of drug-likeness (QED) is 0.686. The fourth-order valence-corrected chi connectivity index (χ4v) is 1.79. The van der Waals surface area contributed by atoms with Crippen molar-refractivity contribution in [2.24, 2.45) is 0 Å².